The molecule has 0 aliphatic heterocycles. The molecular formula is C25H30N2. The van der Waals surface area contributed by atoms with Gasteiger partial charge in [-0.2, -0.15) is 0 Å². The molecule has 0 spiro atoms. The first kappa shape index (κ1) is 20.3. The summed E-state index contributed by atoms with van der Waals surface area (Å²) in [6.07, 6.45) is 4.34. The number of allylic oxidation sites excluding steroid dienone is 3. The predicted octanol–water partition coefficient (Wildman–Crippen LogP) is 6.76. The summed E-state index contributed by atoms with van der Waals surface area (Å²) in [5.41, 5.74) is 7.74. The fraction of sp³-hybridized carbons (Fsp3) is 0.200. The monoisotopic (exact) mass is 358 g/mol. The summed E-state index contributed by atoms with van der Waals surface area (Å²) in [6.45, 7) is 17.4. The van der Waals surface area contributed by atoms with Crippen molar-refractivity contribution in [1.29, 1.82) is 0 Å². The van der Waals surface area contributed by atoms with Crippen molar-refractivity contribution in [3.05, 3.63) is 108 Å². The normalized spacial score (nSPS) is 11.9. The lowest BCUT2D eigenvalue weighted by molar-refractivity contribution is 0.473. The topological polar surface area (TPSA) is 15.3 Å². The van der Waals surface area contributed by atoms with E-state index in [1.54, 1.807) is 0 Å². The molecule has 1 N–H and O–H groups in total. The van der Waals surface area contributed by atoms with E-state index in [0.717, 1.165) is 22.8 Å². The van der Waals surface area contributed by atoms with Gasteiger partial charge < -0.3 is 10.2 Å². The number of aryl methyl sites for hydroxylation is 1. The Labute approximate surface area is 164 Å². The maximum Gasteiger partial charge on any atom is 0.0622 e. The molecule has 0 saturated carbocycles. The van der Waals surface area contributed by atoms with Crippen LogP contribution in [0.2, 0.25) is 0 Å². The van der Waals surface area contributed by atoms with Gasteiger partial charge in [-0.15, -0.1) is 0 Å². The van der Waals surface area contributed by atoms with Gasteiger partial charge in [0.1, 0.15) is 0 Å². The average molecular weight is 359 g/mol. The van der Waals surface area contributed by atoms with Crippen LogP contribution < -0.4 is 5.32 Å². The van der Waals surface area contributed by atoms with E-state index in [4.69, 9.17) is 0 Å². The molecule has 0 bridgehead atoms. The van der Waals surface area contributed by atoms with E-state index < -0.39 is 0 Å². The number of benzene rings is 2. The first-order chi connectivity index (χ1) is 12.9. The highest BCUT2D eigenvalue weighted by Crippen LogP contribution is 2.23. The molecule has 0 unspecified atom stereocenters. The van der Waals surface area contributed by atoms with Crippen LogP contribution in [0.3, 0.4) is 0 Å². The maximum atomic E-state index is 4.20. The van der Waals surface area contributed by atoms with Gasteiger partial charge in [0, 0.05) is 22.8 Å². The highest BCUT2D eigenvalue weighted by molar-refractivity contribution is 5.58. The highest BCUT2D eigenvalue weighted by Gasteiger charge is 2.13. The Balaban J connectivity index is 2.18. The number of hydrogen-bond acceptors (Lipinski definition) is 2. The Morgan fingerprint density at radius 1 is 1.00 bits per heavy atom. The average Bonchev–Trinajstić information content (AvgIpc) is 2.64. The zero-order chi connectivity index (χ0) is 19.8. The lowest BCUT2D eigenvalue weighted by Gasteiger charge is -2.29. The smallest absolute Gasteiger partial charge is 0.0622 e. The summed E-state index contributed by atoms with van der Waals surface area (Å²) < 4.78 is 0. The van der Waals surface area contributed by atoms with Crippen LogP contribution >= 0.6 is 0 Å². The Bertz CT molecular complexity index is 840. The van der Waals surface area contributed by atoms with Crippen molar-refractivity contribution in [3.63, 3.8) is 0 Å². The first-order valence-electron chi connectivity index (χ1n) is 9.25. The van der Waals surface area contributed by atoms with Crippen LogP contribution in [-0.4, -0.2) is 11.4 Å². The van der Waals surface area contributed by atoms with E-state index in [9.17, 15) is 0 Å². The predicted molar refractivity (Wildman–Crippen MR) is 119 cm³/mol. The molecular weight excluding hydrogens is 328 g/mol. The van der Waals surface area contributed by atoms with E-state index in [-0.39, 0.29) is 0 Å². The lowest BCUT2D eigenvalue weighted by atomic mass is 10.1. The minimum Gasteiger partial charge on any atom is -0.358 e. The Hall–Kier alpha value is -3.00. The second kappa shape index (κ2) is 9.63. The fourth-order valence-corrected chi connectivity index (χ4v) is 2.96. The third kappa shape index (κ3) is 6.03. The van der Waals surface area contributed by atoms with Gasteiger partial charge >= 0.3 is 0 Å². The van der Waals surface area contributed by atoms with Crippen molar-refractivity contribution < 1.29 is 0 Å². The van der Waals surface area contributed by atoms with Crippen molar-refractivity contribution in [1.82, 2.24) is 4.90 Å². The van der Waals surface area contributed by atoms with Crippen LogP contribution in [0.4, 0.5) is 5.69 Å². The van der Waals surface area contributed by atoms with Gasteiger partial charge in [-0.05, 0) is 57.0 Å². The molecule has 27 heavy (non-hydrogen) atoms. The molecule has 0 aromatic heterocycles. The van der Waals surface area contributed by atoms with Crippen LogP contribution in [0.25, 0.3) is 6.08 Å². The summed E-state index contributed by atoms with van der Waals surface area (Å²) in [4.78, 5) is 2.19. The Morgan fingerprint density at radius 3 is 2.19 bits per heavy atom. The van der Waals surface area contributed by atoms with Crippen LogP contribution in [0, 0.1) is 6.92 Å². The number of nitrogens with zero attached hydrogens (tertiary/aromatic N) is 1. The number of anilines is 1. The number of nitrogens with one attached hydrogen (secondary N) is 1. The van der Waals surface area contributed by atoms with Gasteiger partial charge in [0.15, 0.2) is 0 Å². The molecule has 2 rings (SSSR count). The largest absolute Gasteiger partial charge is 0.358 e. The van der Waals surface area contributed by atoms with E-state index in [1.807, 2.05) is 37.3 Å². The lowest BCUT2D eigenvalue weighted by Crippen LogP contribution is -2.25. The third-order valence-electron chi connectivity index (χ3n) is 4.33. The van der Waals surface area contributed by atoms with E-state index in [1.165, 1.54) is 16.7 Å². The summed E-state index contributed by atoms with van der Waals surface area (Å²) >= 11 is 0. The zero-order valence-electron chi connectivity index (χ0n) is 16.9. The molecule has 0 saturated heterocycles. The van der Waals surface area contributed by atoms with Gasteiger partial charge in [-0.3, -0.25) is 0 Å². The molecule has 0 aliphatic carbocycles. The molecule has 2 aromatic carbocycles. The van der Waals surface area contributed by atoms with Gasteiger partial charge in [0.25, 0.3) is 0 Å². The van der Waals surface area contributed by atoms with Crippen molar-refractivity contribution in [2.75, 3.05) is 11.9 Å². The first-order valence-corrected chi connectivity index (χ1v) is 9.25. The second-order valence-electron chi connectivity index (χ2n) is 6.83. The molecule has 2 nitrogen and oxygen atoms in total. The third-order valence-corrected chi connectivity index (χ3v) is 4.33. The van der Waals surface area contributed by atoms with E-state index in [0.29, 0.717) is 6.54 Å². The molecule has 0 atom stereocenters. The fourth-order valence-electron chi connectivity index (χ4n) is 2.96. The van der Waals surface area contributed by atoms with Crippen LogP contribution in [0.5, 0.6) is 0 Å². The molecule has 0 amide bonds. The van der Waals surface area contributed by atoms with Crippen molar-refractivity contribution in [2.24, 2.45) is 0 Å². The second-order valence-corrected chi connectivity index (χ2v) is 6.83. The summed E-state index contributed by atoms with van der Waals surface area (Å²) in [6, 6.07) is 18.7. The van der Waals surface area contributed by atoms with Gasteiger partial charge in [0.05, 0.1) is 6.54 Å². The van der Waals surface area contributed by atoms with Gasteiger partial charge in [-0.25, -0.2) is 0 Å². The highest BCUT2D eigenvalue weighted by atomic mass is 15.2. The quantitative estimate of drug-likeness (QED) is 0.524. The molecule has 0 fully saturated rings. The van der Waals surface area contributed by atoms with Crippen LogP contribution in [0.1, 0.15) is 31.9 Å². The van der Waals surface area contributed by atoms with Crippen molar-refractivity contribution in [3.8, 4) is 0 Å². The van der Waals surface area contributed by atoms with E-state index in [2.05, 4.69) is 80.6 Å². The molecule has 0 heterocycles. The van der Waals surface area contributed by atoms with Gasteiger partial charge in [0.2, 0.25) is 0 Å². The molecule has 0 aliphatic rings. The Kier molecular flexibility index (Phi) is 7.25. The maximum absolute atomic E-state index is 4.20. The van der Waals surface area contributed by atoms with Crippen LogP contribution in [-0.2, 0) is 0 Å². The number of hydrogen-bond donors (Lipinski definition) is 1. The summed E-state index contributed by atoms with van der Waals surface area (Å²) in [5.74, 6) is 0. The standard InChI is InChI=1S/C25H30N2/c1-7-25(21(5)17-23-15-13-20(4)14-16-23)27(19(2)3)18-22(6)26-24-11-9-8-10-12-24/h7-17,26H,2,6,18H2,1,3-5H3/b21-17+,25-7+. The van der Waals surface area contributed by atoms with Crippen molar-refractivity contribution in [2.45, 2.75) is 27.7 Å². The number of rotatable bonds is 8. The zero-order valence-corrected chi connectivity index (χ0v) is 16.9. The molecule has 140 valence electrons. The van der Waals surface area contributed by atoms with Crippen LogP contribution in [0.15, 0.2) is 96.5 Å². The minimum absolute atomic E-state index is 0.656. The van der Waals surface area contributed by atoms with Gasteiger partial charge in [-0.1, -0.05) is 67.3 Å². The molecule has 2 heteroatoms. The van der Waals surface area contributed by atoms with E-state index >= 15 is 0 Å². The van der Waals surface area contributed by atoms with Crippen molar-refractivity contribution >= 4 is 11.8 Å². The summed E-state index contributed by atoms with van der Waals surface area (Å²) in [7, 11) is 0. The minimum atomic E-state index is 0.656. The number of para-hydroxylation sites is 1. The Morgan fingerprint density at radius 2 is 1.63 bits per heavy atom. The summed E-state index contributed by atoms with van der Waals surface area (Å²) in [5, 5.41) is 3.38. The SMILES string of the molecule is C=C(CN(C(=C)C)C(=C/C)/C(C)=C/c1ccc(C)cc1)Nc1ccccc1. The molecule has 2 aromatic rings. The molecule has 0 radical (unpaired) electrons.